The molecule has 1 heterocycles. The first-order valence-corrected chi connectivity index (χ1v) is 5.21. The van der Waals surface area contributed by atoms with Crippen LogP contribution in [0.15, 0.2) is 12.1 Å². The van der Waals surface area contributed by atoms with Crippen molar-refractivity contribution < 1.29 is 4.92 Å². The Morgan fingerprint density at radius 3 is 2.75 bits per heavy atom. The number of likely N-dealkylation sites (N-methyl/N-ethyl adjacent to an activating group) is 1. The summed E-state index contributed by atoms with van der Waals surface area (Å²) in [6.45, 7) is 6.18. The molecule has 0 bridgehead atoms. The quantitative estimate of drug-likeness (QED) is 0.433. The fourth-order valence-electron chi connectivity index (χ4n) is 1.30. The van der Waals surface area contributed by atoms with Crippen LogP contribution >= 0.6 is 0 Å². The van der Waals surface area contributed by atoms with Crippen LogP contribution in [0.25, 0.3) is 0 Å². The van der Waals surface area contributed by atoms with Gasteiger partial charge in [0.25, 0.3) is 5.69 Å². The Kier molecular flexibility index (Phi) is 4.65. The Hall–Kier alpha value is -1.69. The summed E-state index contributed by atoms with van der Waals surface area (Å²) in [5.41, 5.74) is 0.482. The molecule has 0 radical (unpaired) electrons. The van der Waals surface area contributed by atoms with Gasteiger partial charge < -0.3 is 10.6 Å². The minimum atomic E-state index is -0.426. The molecule has 0 spiro atoms. The van der Waals surface area contributed by atoms with Crippen molar-refractivity contribution >= 4 is 11.5 Å². The van der Waals surface area contributed by atoms with E-state index < -0.39 is 4.92 Å². The smallest absolute Gasteiger partial charge is 0.290 e. The number of aromatic nitrogens is 1. The number of nitrogens with zero attached hydrogens (tertiary/aromatic N) is 2. The van der Waals surface area contributed by atoms with Crippen LogP contribution in [-0.4, -0.2) is 29.5 Å². The van der Waals surface area contributed by atoms with E-state index in [9.17, 15) is 10.1 Å². The van der Waals surface area contributed by atoms with Crippen molar-refractivity contribution in [3.8, 4) is 0 Å². The molecule has 0 aliphatic heterocycles. The zero-order chi connectivity index (χ0) is 12.0. The van der Waals surface area contributed by atoms with Gasteiger partial charge in [-0.2, -0.15) is 0 Å². The fraction of sp³-hybridized carbons (Fsp3) is 0.500. The highest BCUT2D eigenvalue weighted by molar-refractivity contribution is 5.44. The van der Waals surface area contributed by atoms with E-state index in [0.717, 1.165) is 19.6 Å². The lowest BCUT2D eigenvalue weighted by Crippen LogP contribution is -2.21. The SMILES string of the molecule is CCNCCNc1ccc([N+](=O)[O-])c(C)n1. The molecule has 0 fully saturated rings. The summed E-state index contributed by atoms with van der Waals surface area (Å²) in [7, 11) is 0. The van der Waals surface area contributed by atoms with E-state index in [1.165, 1.54) is 6.07 Å². The monoisotopic (exact) mass is 224 g/mol. The van der Waals surface area contributed by atoms with Crippen LogP contribution in [0.5, 0.6) is 0 Å². The first-order valence-electron chi connectivity index (χ1n) is 5.21. The third-order valence-electron chi connectivity index (χ3n) is 2.11. The number of pyridine rings is 1. The number of hydrogen-bond acceptors (Lipinski definition) is 5. The molecule has 0 aromatic carbocycles. The zero-order valence-electron chi connectivity index (χ0n) is 9.49. The van der Waals surface area contributed by atoms with Crippen LogP contribution in [0, 0.1) is 17.0 Å². The van der Waals surface area contributed by atoms with Gasteiger partial charge >= 0.3 is 0 Å². The van der Waals surface area contributed by atoms with Gasteiger partial charge in [-0.25, -0.2) is 4.98 Å². The van der Waals surface area contributed by atoms with Gasteiger partial charge in [0.15, 0.2) is 0 Å². The lowest BCUT2D eigenvalue weighted by Gasteiger charge is -2.06. The number of nitro groups is 1. The van der Waals surface area contributed by atoms with E-state index in [-0.39, 0.29) is 5.69 Å². The normalized spacial score (nSPS) is 10.1. The van der Waals surface area contributed by atoms with E-state index in [0.29, 0.717) is 11.5 Å². The van der Waals surface area contributed by atoms with Crippen LogP contribution in [0.1, 0.15) is 12.6 Å². The predicted molar refractivity (Wildman–Crippen MR) is 62.7 cm³/mol. The minimum absolute atomic E-state index is 0.0530. The maximum absolute atomic E-state index is 10.6. The molecule has 1 aromatic heterocycles. The molecule has 0 saturated heterocycles. The van der Waals surface area contributed by atoms with Gasteiger partial charge in [0, 0.05) is 19.2 Å². The molecule has 0 amide bonds. The van der Waals surface area contributed by atoms with Gasteiger partial charge in [0.05, 0.1) is 4.92 Å². The highest BCUT2D eigenvalue weighted by atomic mass is 16.6. The van der Waals surface area contributed by atoms with Crippen LogP contribution < -0.4 is 10.6 Å². The fourth-order valence-corrected chi connectivity index (χ4v) is 1.30. The van der Waals surface area contributed by atoms with Crippen LogP contribution in [0.3, 0.4) is 0 Å². The molecule has 1 aromatic rings. The van der Waals surface area contributed by atoms with Crippen LogP contribution in [0.2, 0.25) is 0 Å². The van der Waals surface area contributed by atoms with Crippen molar-refractivity contribution in [2.45, 2.75) is 13.8 Å². The molecule has 2 N–H and O–H groups in total. The molecule has 6 heteroatoms. The number of rotatable bonds is 6. The molecule has 0 unspecified atom stereocenters. The predicted octanol–water partition coefficient (Wildman–Crippen LogP) is 1.32. The average molecular weight is 224 g/mol. The first kappa shape index (κ1) is 12.4. The Balaban J connectivity index is 2.56. The molecule has 1 rings (SSSR count). The number of nitrogens with one attached hydrogen (secondary N) is 2. The van der Waals surface area contributed by atoms with Crippen molar-refractivity contribution in [1.82, 2.24) is 10.3 Å². The summed E-state index contributed by atoms with van der Waals surface area (Å²) in [4.78, 5) is 14.3. The molecule has 16 heavy (non-hydrogen) atoms. The van der Waals surface area contributed by atoms with Crippen molar-refractivity contribution in [2.75, 3.05) is 25.0 Å². The van der Waals surface area contributed by atoms with E-state index in [1.807, 2.05) is 6.92 Å². The third kappa shape index (κ3) is 3.47. The maximum Gasteiger partial charge on any atom is 0.290 e. The Morgan fingerprint density at radius 2 is 2.19 bits per heavy atom. The number of anilines is 1. The Labute approximate surface area is 94.2 Å². The molecule has 0 atom stereocenters. The molecule has 6 nitrogen and oxygen atoms in total. The summed E-state index contributed by atoms with van der Waals surface area (Å²) >= 11 is 0. The summed E-state index contributed by atoms with van der Waals surface area (Å²) in [6.07, 6.45) is 0. The second-order valence-corrected chi connectivity index (χ2v) is 3.34. The van der Waals surface area contributed by atoms with Gasteiger partial charge in [-0.15, -0.1) is 0 Å². The maximum atomic E-state index is 10.6. The Bertz CT molecular complexity index is 368. The number of hydrogen-bond donors (Lipinski definition) is 2. The summed E-state index contributed by atoms with van der Waals surface area (Å²) in [5, 5.41) is 16.8. The molecular formula is C10H16N4O2. The zero-order valence-corrected chi connectivity index (χ0v) is 9.49. The third-order valence-corrected chi connectivity index (χ3v) is 2.11. The van der Waals surface area contributed by atoms with E-state index in [2.05, 4.69) is 15.6 Å². The molecule has 0 saturated carbocycles. The summed E-state index contributed by atoms with van der Waals surface area (Å²) < 4.78 is 0. The highest BCUT2D eigenvalue weighted by Gasteiger charge is 2.11. The van der Waals surface area contributed by atoms with Crippen LogP contribution in [0.4, 0.5) is 11.5 Å². The van der Waals surface area contributed by atoms with Gasteiger partial charge in [-0.3, -0.25) is 10.1 Å². The summed E-state index contributed by atoms with van der Waals surface area (Å²) in [6, 6.07) is 3.09. The second kappa shape index (κ2) is 6.02. The largest absolute Gasteiger partial charge is 0.369 e. The van der Waals surface area contributed by atoms with E-state index >= 15 is 0 Å². The van der Waals surface area contributed by atoms with Gasteiger partial charge in [0.1, 0.15) is 11.5 Å². The van der Waals surface area contributed by atoms with Gasteiger partial charge in [0.2, 0.25) is 0 Å². The minimum Gasteiger partial charge on any atom is -0.369 e. The molecular weight excluding hydrogens is 208 g/mol. The number of aryl methyl sites for hydroxylation is 1. The summed E-state index contributed by atoms with van der Waals surface area (Å²) in [5.74, 6) is 0.668. The topological polar surface area (TPSA) is 80.1 Å². The average Bonchev–Trinajstić information content (AvgIpc) is 2.24. The highest BCUT2D eigenvalue weighted by Crippen LogP contribution is 2.17. The second-order valence-electron chi connectivity index (χ2n) is 3.34. The van der Waals surface area contributed by atoms with Gasteiger partial charge in [-0.05, 0) is 19.5 Å². The first-order chi connectivity index (χ1) is 7.65. The van der Waals surface area contributed by atoms with Crippen molar-refractivity contribution in [1.29, 1.82) is 0 Å². The van der Waals surface area contributed by atoms with Gasteiger partial charge in [-0.1, -0.05) is 6.92 Å². The van der Waals surface area contributed by atoms with Crippen molar-refractivity contribution in [3.63, 3.8) is 0 Å². The lowest BCUT2D eigenvalue weighted by atomic mass is 10.3. The van der Waals surface area contributed by atoms with Crippen molar-refractivity contribution in [2.24, 2.45) is 0 Å². The molecule has 0 aliphatic carbocycles. The molecule has 0 aliphatic rings. The van der Waals surface area contributed by atoms with E-state index in [1.54, 1.807) is 13.0 Å². The lowest BCUT2D eigenvalue weighted by molar-refractivity contribution is -0.385. The molecule has 88 valence electrons. The van der Waals surface area contributed by atoms with Crippen molar-refractivity contribution in [3.05, 3.63) is 27.9 Å². The standard InChI is InChI=1S/C10H16N4O2/c1-3-11-6-7-12-10-5-4-9(14(15)16)8(2)13-10/h4-5,11H,3,6-7H2,1-2H3,(H,12,13). The van der Waals surface area contributed by atoms with Crippen LogP contribution in [-0.2, 0) is 0 Å². The van der Waals surface area contributed by atoms with E-state index in [4.69, 9.17) is 0 Å². The Morgan fingerprint density at radius 1 is 1.44 bits per heavy atom.